The van der Waals surface area contributed by atoms with Crippen LogP contribution in [0.4, 0.5) is 11.5 Å². The molecule has 1 fully saturated rings. The zero-order valence-corrected chi connectivity index (χ0v) is 12.9. The molecule has 0 aliphatic heterocycles. The fraction of sp³-hybridized carbons (Fsp3) is 0.400. The number of carbonyl (C=O) groups is 1. The minimum atomic E-state index is 0.0803. The Morgan fingerprint density at radius 2 is 2.14 bits per heavy atom. The highest BCUT2D eigenvalue weighted by molar-refractivity contribution is 7.11. The number of anilines is 2. The first-order chi connectivity index (χ1) is 10.1. The van der Waals surface area contributed by atoms with E-state index in [2.05, 4.69) is 27.5 Å². The lowest BCUT2D eigenvalue weighted by Crippen LogP contribution is -2.14. The number of aromatic nitrogens is 2. The quantitative estimate of drug-likeness (QED) is 0.888. The Morgan fingerprint density at radius 1 is 1.33 bits per heavy atom. The lowest BCUT2D eigenvalue weighted by Gasteiger charge is -2.13. The summed E-state index contributed by atoms with van der Waals surface area (Å²) in [5, 5.41) is 7.28. The smallest absolute Gasteiger partial charge is 0.228 e. The van der Waals surface area contributed by atoms with Gasteiger partial charge in [-0.25, -0.2) is 9.97 Å². The van der Waals surface area contributed by atoms with Crippen LogP contribution in [0.5, 0.6) is 0 Å². The molecule has 1 unspecified atom stereocenters. The van der Waals surface area contributed by atoms with Crippen molar-refractivity contribution < 1.29 is 4.79 Å². The summed E-state index contributed by atoms with van der Waals surface area (Å²) < 4.78 is 0. The molecule has 2 heterocycles. The molecule has 21 heavy (non-hydrogen) atoms. The van der Waals surface area contributed by atoms with Crippen molar-refractivity contribution in [3.8, 4) is 0 Å². The number of nitrogens with one attached hydrogen (secondary N) is 2. The van der Waals surface area contributed by atoms with E-state index >= 15 is 0 Å². The van der Waals surface area contributed by atoms with E-state index in [0.717, 1.165) is 23.5 Å². The van der Waals surface area contributed by atoms with Gasteiger partial charge in [-0.05, 0) is 38.8 Å². The van der Waals surface area contributed by atoms with Gasteiger partial charge in [-0.3, -0.25) is 4.79 Å². The van der Waals surface area contributed by atoms with E-state index in [0.29, 0.717) is 5.82 Å². The summed E-state index contributed by atoms with van der Waals surface area (Å²) in [4.78, 5) is 21.4. The monoisotopic (exact) mass is 302 g/mol. The second kappa shape index (κ2) is 5.81. The zero-order valence-electron chi connectivity index (χ0n) is 12.1. The Labute approximate surface area is 127 Å². The van der Waals surface area contributed by atoms with Gasteiger partial charge in [-0.1, -0.05) is 0 Å². The molecule has 2 N–H and O–H groups in total. The van der Waals surface area contributed by atoms with E-state index < -0.39 is 0 Å². The normalized spacial score (nSPS) is 15.5. The zero-order chi connectivity index (χ0) is 14.8. The SMILES string of the molecule is Cc1ncc(C(C)Nc2ccc(NC(=O)C3CC3)nc2)s1. The summed E-state index contributed by atoms with van der Waals surface area (Å²) in [6.45, 7) is 4.09. The van der Waals surface area contributed by atoms with Gasteiger partial charge in [-0.15, -0.1) is 11.3 Å². The minimum absolute atomic E-state index is 0.0803. The number of rotatable bonds is 5. The molecule has 0 bridgehead atoms. The maximum Gasteiger partial charge on any atom is 0.228 e. The van der Waals surface area contributed by atoms with Gasteiger partial charge in [0, 0.05) is 17.0 Å². The van der Waals surface area contributed by atoms with Gasteiger partial charge >= 0.3 is 0 Å². The molecule has 110 valence electrons. The lowest BCUT2D eigenvalue weighted by atomic mass is 10.3. The maximum absolute atomic E-state index is 11.7. The van der Waals surface area contributed by atoms with Crippen LogP contribution in [0.25, 0.3) is 0 Å². The largest absolute Gasteiger partial charge is 0.376 e. The number of hydrogen-bond donors (Lipinski definition) is 2. The summed E-state index contributed by atoms with van der Waals surface area (Å²) in [5.41, 5.74) is 0.929. The molecule has 1 aliphatic carbocycles. The Bertz CT molecular complexity index is 633. The van der Waals surface area contributed by atoms with E-state index in [9.17, 15) is 4.79 Å². The van der Waals surface area contributed by atoms with Crippen LogP contribution < -0.4 is 10.6 Å². The number of thiazole rings is 1. The van der Waals surface area contributed by atoms with Crippen molar-refractivity contribution in [2.24, 2.45) is 5.92 Å². The third-order valence-electron chi connectivity index (χ3n) is 3.41. The topological polar surface area (TPSA) is 66.9 Å². The van der Waals surface area contributed by atoms with Crippen LogP contribution in [-0.4, -0.2) is 15.9 Å². The maximum atomic E-state index is 11.7. The van der Waals surface area contributed by atoms with E-state index in [1.807, 2.05) is 25.3 Å². The number of amides is 1. The number of pyridine rings is 1. The standard InChI is InChI=1S/C15H18N4OS/c1-9(13-8-16-10(2)21-13)18-12-5-6-14(17-7-12)19-15(20)11-3-4-11/h5-9,11,18H,3-4H2,1-2H3,(H,17,19,20). The molecular formula is C15H18N4OS. The molecule has 1 aliphatic rings. The fourth-order valence-corrected chi connectivity index (χ4v) is 2.81. The molecule has 2 aromatic rings. The van der Waals surface area contributed by atoms with E-state index in [1.165, 1.54) is 4.88 Å². The predicted octanol–water partition coefficient (Wildman–Crippen LogP) is 3.37. The highest BCUT2D eigenvalue weighted by Crippen LogP contribution is 2.30. The molecule has 1 saturated carbocycles. The first kappa shape index (κ1) is 14.0. The van der Waals surface area contributed by atoms with Crippen LogP contribution >= 0.6 is 11.3 Å². The van der Waals surface area contributed by atoms with Gasteiger partial charge in [0.2, 0.25) is 5.91 Å². The van der Waals surface area contributed by atoms with Gasteiger partial charge in [0.15, 0.2) is 0 Å². The Kier molecular flexibility index (Phi) is 3.88. The van der Waals surface area contributed by atoms with Crippen LogP contribution in [-0.2, 0) is 4.79 Å². The van der Waals surface area contributed by atoms with Crippen molar-refractivity contribution in [1.82, 2.24) is 9.97 Å². The van der Waals surface area contributed by atoms with Gasteiger partial charge in [-0.2, -0.15) is 0 Å². The molecule has 6 heteroatoms. The summed E-state index contributed by atoms with van der Waals surface area (Å²) in [5.74, 6) is 0.884. The molecule has 1 amide bonds. The Morgan fingerprint density at radius 3 is 2.71 bits per heavy atom. The first-order valence-electron chi connectivity index (χ1n) is 7.07. The van der Waals surface area contributed by atoms with Crippen molar-refractivity contribution in [2.45, 2.75) is 32.7 Å². The summed E-state index contributed by atoms with van der Waals surface area (Å²) in [6.07, 6.45) is 5.64. The third-order valence-corrected chi connectivity index (χ3v) is 4.51. The van der Waals surface area contributed by atoms with E-state index in [1.54, 1.807) is 17.5 Å². The molecule has 1 atom stereocenters. The molecular weight excluding hydrogens is 284 g/mol. The van der Waals surface area contributed by atoms with E-state index in [4.69, 9.17) is 0 Å². The van der Waals surface area contributed by atoms with Crippen molar-refractivity contribution in [1.29, 1.82) is 0 Å². The minimum Gasteiger partial charge on any atom is -0.376 e. The van der Waals surface area contributed by atoms with Gasteiger partial charge in [0.05, 0.1) is 22.9 Å². The second-order valence-electron chi connectivity index (χ2n) is 5.34. The summed E-state index contributed by atoms with van der Waals surface area (Å²) in [7, 11) is 0. The first-order valence-corrected chi connectivity index (χ1v) is 7.89. The molecule has 5 nitrogen and oxygen atoms in total. The summed E-state index contributed by atoms with van der Waals surface area (Å²) >= 11 is 1.69. The van der Waals surface area contributed by atoms with Gasteiger partial charge in [0.1, 0.15) is 5.82 Å². The van der Waals surface area contributed by atoms with Crippen molar-refractivity contribution in [3.63, 3.8) is 0 Å². The highest BCUT2D eigenvalue weighted by atomic mass is 32.1. The third kappa shape index (κ3) is 3.58. The second-order valence-corrected chi connectivity index (χ2v) is 6.61. The summed E-state index contributed by atoms with van der Waals surface area (Å²) in [6, 6.07) is 3.94. The average molecular weight is 302 g/mol. The Hall–Kier alpha value is -1.95. The van der Waals surface area contributed by atoms with Crippen molar-refractivity contribution >= 4 is 28.7 Å². The molecule has 0 saturated heterocycles. The number of nitrogens with zero attached hydrogens (tertiary/aromatic N) is 2. The van der Waals surface area contributed by atoms with E-state index in [-0.39, 0.29) is 17.9 Å². The fourth-order valence-electron chi connectivity index (χ4n) is 2.03. The average Bonchev–Trinajstić information content (AvgIpc) is 3.23. The molecule has 2 aromatic heterocycles. The van der Waals surface area contributed by atoms with Crippen LogP contribution in [0.2, 0.25) is 0 Å². The predicted molar refractivity (Wildman–Crippen MR) is 84.5 cm³/mol. The number of carbonyl (C=O) groups excluding carboxylic acids is 1. The number of aryl methyl sites for hydroxylation is 1. The van der Waals surface area contributed by atoms with Crippen LogP contribution in [0.1, 0.15) is 35.7 Å². The Balaban J connectivity index is 1.59. The highest BCUT2D eigenvalue weighted by Gasteiger charge is 2.29. The van der Waals surface area contributed by atoms with Crippen LogP contribution in [0.3, 0.4) is 0 Å². The van der Waals surface area contributed by atoms with Crippen molar-refractivity contribution in [3.05, 3.63) is 34.4 Å². The molecule has 3 rings (SSSR count). The van der Waals surface area contributed by atoms with Crippen LogP contribution in [0, 0.1) is 12.8 Å². The van der Waals surface area contributed by atoms with Gasteiger partial charge < -0.3 is 10.6 Å². The van der Waals surface area contributed by atoms with Crippen molar-refractivity contribution in [2.75, 3.05) is 10.6 Å². The number of hydrogen-bond acceptors (Lipinski definition) is 5. The van der Waals surface area contributed by atoms with Crippen LogP contribution in [0.15, 0.2) is 24.5 Å². The van der Waals surface area contributed by atoms with Gasteiger partial charge in [0.25, 0.3) is 0 Å². The molecule has 0 aromatic carbocycles. The molecule has 0 spiro atoms. The lowest BCUT2D eigenvalue weighted by molar-refractivity contribution is -0.117. The molecule has 0 radical (unpaired) electrons.